The molecule has 0 bridgehead atoms. The van der Waals surface area contributed by atoms with E-state index < -0.39 is 12.1 Å². The van der Waals surface area contributed by atoms with Crippen molar-refractivity contribution in [3.8, 4) is 5.75 Å². The van der Waals surface area contributed by atoms with Crippen LogP contribution in [0.5, 0.6) is 5.75 Å². The van der Waals surface area contributed by atoms with Gasteiger partial charge in [0, 0.05) is 5.56 Å². The maximum absolute atomic E-state index is 13.1. The predicted molar refractivity (Wildman–Crippen MR) is 77.6 cm³/mol. The summed E-state index contributed by atoms with van der Waals surface area (Å²) >= 11 is 0. The van der Waals surface area contributed by atoms with E-state index in [1.54, 1.807) is 26.0 Å². The van der Waals surface area contributed by atoms with Crippen molar-refractivity contribution in [3.05, 3.63) is 65.5 Å². The second kappa shape index (κ2) is 6.88. The highest BCUT2D eigenvalue weighted by Gasteiger charge is 2.24. The van der Waals surface area contributed by atoms with Crippen LogP contribution in [-0.4, -0.2) is 12.6 Å². The third-order valence-electron chi connectivity index (χ3n) is 2.98. The molecule has 0 N–H and O–H groups in total. The summed E-state index contributed by atoms with van der Waals surface area (Å²) in [6.45, 7) is 3.74. The zero-order chi connectivity index (χ0) is 15.2. The van der Waals surface area contributed by atoms with Crippen molar-refractivity contribution in [2.24, 2.45) is 0 Å². The van der Waals surface area contributed by atoms with Gasteiger partial charge >= 0.3 is 5.97 Å². The summed E-state index contributed by atoms with van der Waals surface area (Å²) in [5, 5.41) is 0. The van der Waals surface area contributed by atoms with Crippen LogP contribution in [0.3, 0.4) is 0 Å². The van der Waals surface area contributed by atoms with E-state index in [9.17, 15) is 9.18 Å². The monoisotopic (exact) mass is 288 g/mol. The SMILES string of the molecule is CCOC(=O)C(Oc1ccc(F)cc1C)c1ccccc1. The first-order chi connectivity index (χ1) is 10.1. The molecule has 0 aromatic heterocycles. The number of benzene rings is 2. The lowest BCUT2D eigenvalue weighted by Crippen LogP contribution is -2.21. The van der Waals surface area contributed by atoms with E-state index in [1.165, 1.54) is 18.2 Å². The van der Waals surface area contributed by atoms with Crippen molar-refractivity contribution >= 4 is 5.97 Å². The molecule has 1 unspecified atom stereocenters. The van der Waals surface area contributed by atoms with E-state index in [0.717, 1.165) is 0 Å². The fourth-order valence-corrected chi connectivity index (χ4v) is 1.97. The molecule has 0 aliphatic heterocycles. The fraction of sp³-hybridized carbons (Fsp3) is 0.235. The minimum atomic E-state index is -0.865. The predicted octanol–water partition coefficient (Wildman–Crippen LogP) is 3.82. The van der Waals surface area contributed by atoms with E-state index in [1.807, 2.05) is 18.2 Å². The number of rotatable bonds is 5. The molecule has 4 heteroatoms. The fourth-order valence-electron chi connectivity index (χ4n) is 1.97. The van der Waals surface area contributed by atoms with Crippen molar-refractivity contribution < 1.29 is 18.7 Å². The zero-order valence-corrected chi connectivity index (χ0v) is 12.0. The Hall–Kier alpha value is -2.36. The van der Waals surface area contributed by atoms with Crippen LogP contribution in [0.1, 0.15) is 24.2 Å². The molecule has 0 aliphatic carbocycles. The van der Waals surface area contributed by atoms with Crippen LogP contribution in [0, 0.1) is 12.7 Å². The number of halogens is 1. The van der Waals surface area contributed by atoms with Gasteiger partial charge in [-0.1, -0.05) is 30.3 Å². The van der Waals surface area contributed by atoms with Crippen LogP contribution >= 0.6 is 0 Å². The largest absolute Gasteiger partial charge is 0.474 e. The molecule has 2 aromatic rings. The smallest absolute Gasteiger partial charge is 0.352 e. The topological polar surface area (TPSA) is 35.5 Å². The van der Waals surface area contributed by atoms with Gasteiger partial charge in [-0.15, -0.1) is 0 Å². The van der Waals surface area contributed by atoms with E-state index in [4.69, 9.17) is 9.47 Å². The van der Waals surface area contributed by atoms with Crippen molar-refractivity contribution in [1.82, 2.24) is 0 Å². The highest BCUT2D eigenvalue weighted by molar-refractivity contribution is 5.77. The minimum absolute atomic E-state index is 0.272. The summed E-state index contributed by atoms with van der Waals surface area (Å²) in [5.74, 6) is -0.349. The third-order valence-corrected chi connectivity index (χ3v) is 2.98. The summed E-state index contributed by atoms with van der Waals surface area (Å²) in [5.41, 5.74) is 1.32. The molecular formula is C17H17FO3. The van der Waals surface area contributed by atoms with Gasteiger partial charge < -0.3 is 9.47 Å². The molecule has 110 valence electrons. The van der Waals surface area contributed by atoms with Gasteiger partial charge in [-0.3, -0.25) is 0 Å². The summed E-state index contributed by atoms with van der Waals surface area (Å²) in [4.78, 5) is 12.1. The number of hydrogen-bond acceptors (Lipinski definition) is 3. The maximum atomic E-state index is 13.1. The first-order valence-corrected chi connectivity index (χ1v) is 6.76. The van der Waals surface area contributed by atoms with Crippen LogP contribution in [0.4, 0.5) is 4.39 Å². The summed E-state index contributed by atoms with van der Waals surface area (Å²) in [6, 6.07) is 13.3. The van der Waals surface area contributed by atoms with E-state index in [-0.39, 0.29) is 12.4 Å². The molecule has 0 aliphatic rings. The number of ether oxygens (including phenoxy) is 2. The van der Waals surface area contributed by atoms with Gasteiger partial charge in [-0.25, -0.2) is 9.18 Å². The Bertz CT molecular complexity index is 611. The normalized spacial score (nSPS) is 11.8. The van der Waals surface area contributed by atoms with Gasteiger partial charge in [0.25, 0.3) is 0 Å². The number of carbonyl (C=O) groups excluding carboxylic acids is 1. The number of carbonyl (C=O) groups is 1. The third kappa shape index (κ3) is 3.81. The first-order valence-electron chi connectivity index (χ1n) is 6.76. The maximum Gasteiger partial charge on any atom is 0.352 e. The standard InChI is InChI=1S/C17H17FO3/c1-3-20-17(19)16(13-7-5-4-6-8-13)21-15-10-9-14(18)11-12(15)2/h4-11,16H,3H2,1-2H3. The average Bonchev–Trinajstić information content (AvgIpc) is 2.47. The zero-order valence-electron chi connectivity index (χ0n) is 12.0. The van der Waals surface area contributed by atoms with Crippen LogP contribution in [0.25, 0.3) is 0 Å². The van der Waals surface area contributed by atoms with Crippen LogP contribution in [0.15, 0.2) is 48.5 Å². The Kier molecular flexibility index (Phi) is 4.93. The molecule has 2 rings (SSSR count). The Morgan fingerprint density at radius 3 is 2.52 bits per heavy atom. The molecule has 0 spiro atoms. The van der Waals surface area contributed by atoms with Crippen molar-refractivity contribution in [2.45, 2.75) is 20.0 Å². The second-order valence-corrected chi connectivity index (χ2v) is 4.57. The molecule has 2 aromatic carbocycles. The van der Waals surface area contributed by atoms with Crippen LogP contribution in [-0.2, 0) is 9.53 Å². The molecule has 0 amide bonds. The average molecular weight is 288 g/mol. The van der Waals surface area contributed by atoms with E-state index in [0.29, 0.717) is 16.9 Å². The Balaban J connectivity index is 2.30. The first kappa shape index (κ1) is 15.0. The van der Waals surface area contributed by atoms with Crippen LogP contribution in [0.2, 0.25) is 0 Å². The van der Waals surface area contributed by atoms with Gasteiger partial charge in [0.1, 0.15) is 11.6 Å². The van der Waals surface area contributed by atoms with E-state index in [2.05, 4.69) is 0 Å². The van der Waals surface area contributed by atoms with Gasteiger partial charge in [0.2, 0.25) is 6.10 Å². The van der Waals surface area contributed by atoms with Crippen molar-refractivity contribution in [1.29, 1.82) is 0 Å². The molecule has 1 atom stereocenters. The Morgan fingerprint density at radius 1 is 1.19 bits per heavy atom. The van der Waals surface area contributed by atoms with E-state index >= 15 is 0 Å². The number of hydrogen-bond donors (Lipinski definition) is 0. The molecule has 3 nitrogen and oxygen atoms in total. The highest BCUT2D eigenvalue weighted by atomic mass is 19.1. The van der Waals surface area contributed by atoms with Gasteiger partial charge in [-0.2, -0.15) is 0 Å². The van der Waals surface area contributed by atoms with Gasteiger partial charge in [0.15, 0.2) is 0 Å². The number of esters is 1. The van der Waals surface area contributed by atoms with Crippen molar-refractivity contribution in [3.63, 3.8) is 0 Å². The summed E-state index contributed by atoms with van der Waals surface area (Å²) < 4.78 is 24.0. The highest BCUT2D eigenvalue weighted by Crippen LogP contribution is 2.26. The number of aryl methyl sites for hydroxylation is 1. The van der Waals surface area contributed by atoms with Crippen molar-refractivity contribution in [2.75, 3.05) is 6.61 Å². The lowest BCUT2D eigenvalue weighted by atomic mass is 10.1. The molecule has 21 heavy (non-hydrogen) atoms. The summed E-state index contributed by atoms with van der Waals surface area (Å²) in [6.07, 6.45) is -0.865. The Labute approximate surface area is 123 Å². The molecule has 0 saturated carbocycles. The molecule has 0 radical (unpaired) electrons. The minimum Gasteiger partial charge on any atom is -0.474 e. The van der Waals surface area contributed by atoms with Crippen LogP contribution < -0.4 is 4.74 Å². The quantitative estimate of drug-likeness (QED) is 0.785. The van der Waals surface area contributed by atoms with Gasteiger partial charge in [-0.05, 0) is 37.6 Å². The molecular weight excluding hydrogens is 271 g/mol. The lowest BCUT2D eigenvalue weighted by Gasteiger charge is -2.19. The molecule has 0 saturated heterocycles. The van der Waals surface area contributed by atoms with Gasteiger partial charge in [0.05, 0.1) is 6.61 Å². The molecule has 0 heterocycles. The lowest BCUT2D eigenvalue weighted by molar-refractivity contribution is -0.151. The summed E-state index contributed by atoms with van der Waals surface area (Å²) in [7, 11) is 0. The second-order valence-electron chi connectivity index (χ2n) is 4.57. The Morgan fingerprint density at radius 2 is 1.90 bits per heavy atom. The molecule has 0 fully saturated rings.